The number of piperazine rings is 1. The zero-order valence-corrected chi connectivity index (χ0v) is 17.7. The summed E-state index contributed by atoms with van der Waals surface area (Å²) in [7, 11) is 2.83. The maximum atomic E-state index is 13.0. The highest BCUT2D eigenvalue weighted by Gasteiger charge is 2.30. The number of aromatic nitrogens is 1. The predicted molar refractivity (Wildman–Crippen MR) is 109 cm³/mol. The molecule has 1 aromatic heterocycles. The summed E-state index contributed by atoms with van der Waals surface area (Å²) in [6.07, 6.45) is 0. The highest BCUT2D eigenvalue weighted by molar-refractivity contribution is 7.11. The maximum absolute atomic E-state index is 13.0. The monoisotopic (exact) mass is 420 g/mol. The molecular formula is C19H24N4O5S. The molecule has 0 unspecified atom stereocenters. The van der Waals surface area contributed by atoms with E-state index in [-0.39, 0.29) is 28.7 Å². The van der Waals surface area contributed by atoms with Crippen molar-refractivity contribution in [1.29, 1.82) is 0 Å². The number of carbonyl (C=O) groups excluding carboxylic acids is 1. The standard InChI is InChI=1S/C19H24N4O5S/c1-12-13(2)29-18(20-12)11-21-5-7-22(8-6-21)19(24)14-9-16(27-3)17(28-4)10-15(14)23(25)26/h9-10H,5-8,11H2,1-4H3. The number of hydrogen-bond donors (Lipinski definition) is 0. The molecule has 0 bridgehead atoms. The number of hydrogen-bond acceptors (Lipinski definition) is 8. The largest absolute Gasteiger partial charge is 0.493 e. The van der Waals surface area contributed by atoms with E-state index in [1.54, 1.807) is 16.2 Å². The van der Waals surface area contributed by atoms with Crippen LogP contribution < -0.4 is 9.47 Å². The van der Waals surface area contributed by atoms with Crippen LogP contribution in [-0.4, -0.2) is 66.0 Å². The van der Waals surface area contributed by atoms with E-state index in [2.05, 4.69) is 16.8 Å². The van der Waals surface area contributed by atoms with Gasteiger partial charge in [-0.05, 0) is 13.8 Å². The van der Waals surface area contributed by atoms with E-state index in [0.717, 1.165) is 17.2 Å². The van der Waals surface area contributed by atoms with Crippen LogP contribution in [0.25, 0.3) is 0 Å². The topological polar surface area (TPSA) is 98.0 Å². The van der Waals surface area contributed by atoms with Gasteiger partial charge in [0.2, 0.25) is 0 Å². The Morgan fingerprint density at radius 1 is 1.17 bits per heavy atom. The summed E-state index contributed by atoms with van der Waals surface area (Å²) in [5, 5.41) is 12.6. The number of thiazole rings is 1. The zero-order chi connectivity index (χ0) is 21.1. The number of amides is 1. The minimum Gasteiger partial charge on any atom is -0.493 e. The molecule has 3 rings (SSSR count). The van der Waals surface area contributed by atoms with Crippen LogP contribution in [0, 0.1) is 24.0 Å². The number of benzene rings is 1. The summed E-state index contributed by atoms with van der Waals surface area (Å²) >= 11 is 1.69. The number of carbonyl (C=O) groups is 1. The first kappa shape index (κ1) is 21.0. The first-order valence-electron chi connectivity index (χ1n) is 9.19. The molecular weight excluding hydrogens is 396 g/mol. The maximum Gasteiger partial charge on any atom is 0.286 e. The van der Waals surface area contributed by atoms with E-state index < -0.39 is 4.92 Å². The average molecular weight is 420 g/mol. The van der Waals surface area contributed by atoms with Gasteiger partial charge in [-0.3, -0.25) is 19.8 Å². The van der Waals surface area contributed by atoms with Crippen molar-refractivity contribution in [2.24, 2.45) is 0 Å². The van der Waals surface area contributed by atoms with Crippen molar-refractivity contribution in [3.05, 3.63) is 43.4 Å². The van der Waals surface area contributed by atoms with Crippen molar-refractivity contribution in [2.45, 2.75) is 20.4 Å². The van der Waals surface area contributed by atoms with Crippen LogP contribution in [0.4, 0.5) is 5.69 Å². The van der Waals surface area contributed by atoms with Gasteiger partial charge in [-0.2, -0.15) is 0 Å². The van der Waals surface area contributed by atoms with Crippen molar-refractivity contribution >= 4 is 22.9 Å². The minimum atomic E-state index is -0.571. The second-order valence-electron chi connectivity index (χ2n) is 6.80. The lowest BCUT2D eigenvalue weighted by Crippen LogP contribution is -2.48. The van der Waals surface area contributed by atoms with Crippen LogP contribution in [0.2, 0.25) is 0 Å². The molecule has 0 N–H and O–H groups in total. The molecule has 0 atom stereocenters. The molecule has 0 spiro atoms. The third kappa shape index (κ3) is 4.48. The second-order valence-corrected chi connectivity index (χ2v) is 8.09. The molecule has 1 aliphatic rings. The third-order valence-corrected chi connectivity index (χ3v) is 6.08. The first-order valence-corrected chi connectivity index (χ1v) is 10.0. The molecule has 0 saturated carbocycles. The summed E-state index contributed by atoms with van der Waals surface area (Å²) in [5.41, 5.74) is 0.774. The van der Waals surface area contributed by atoms with Crippen LogP contribution in [0.1, 0.15) is 25.9 Å². The Bertz CT molecular complexity index is 902. The molecule has 1 saturated heterocycles. The minimum absolute atomic E-state index is 0.00673. The van der Waals surface area contributed by atoms with Crippen molar-refractivity contribution in [3.63, 3.8) is 0 Å². The Hall–Kier alpha value is -2.72. The van der Waals surface area contributed by atoms with Crippen molar-refractivity contribution in [3.8, 4) is 11.5 Å². The van der Waals surface area contributed by atoms with Gasteiger partial charge in [0.05, 0.1) is 37.4 Å². The summed E-state index contributed by atoms with van der Waals surface area (Å²) in [6, 6.07) is 2.61. The number of nitrogens with zero attached hydrogens (tertiary/aromatic N) is 4. The third-order valence-electron chi connectivity index (χ3n) is 5.02. The van der Waals surface area contributed by atoms with E-state index in [0.29, 0.717) is 26.2 Å². The summed E-state index contributed by atoms with van der Waals surface area (Å²) in [4.78, 5) is 33.6. The Labute approximate surface area is 173 Å². The molecule has 1 aromatic carbocycles. The van der Waals surface area contributed by atoms with Crippen LogP contribution >= 0.6 is 11.3 Å². The van der Waals surface area contributed by atoms with Gasteiger partial charge in [0, 0.05) is 37.1 Å². The molecule has 1 amide bonds. The van der Waals surface area contributed by atoms with Gasteiger partial charge in [0.15, 0.2) is 11.5 Å². The SMILES string of the molecule is COc1cc(C(=O)N2CCN(Cc3nc(C)c(C)s3)CC2)c([N+](=O)[O-])cc1OC. The van der Waals surface area contributed by atoms with E-state index in [4.69, 9.17) is 9.47 Å². The Balaban J connectivity index is 1.72. The molecule has 2 heterocycles. The fraction of sp³-hybridized carbons (Fsp3) is 0.474. The Morgan fingerprint density at radius 2 is 1.79 bits per heavy atom. The van der Waals surface area contributed by atoms with Gasteiger partial charge < -0.3 is 14.4 Å². The average Bonchev–Trinajstić information content (AvgIpc) is 3.03. The quantitative estimate of drug-likeness (QED) is 0.523. The fourth-order valence-electron chi connectivity index (χ4n) is 3.27. The van der Waals surface area contributed by atoms with Crippen molar-refractivity contribution in [1.82, 2.24) is 14.8 Å². The molecule has 1 fully saturated rings. The number of nitro groups is 1. The van der Waals surface area contributed by atoms with Gasteiger partial charge in [-0.1, -0.05) is 0 Å². The van der Waals surface area contributed by atoms with Gasteiger partial charge in [0.25, 0.3) is 11.6 Å². The number of methoxy groups -OCH3 is 2. The molecule has 9 nitrogen and oxygen atoms in total. The number of rotatable bonds is 6. The molecule has 0 aliphatic carbocycles. The van der Waals surface area contributed by atoms with Gasteiger partial charge in [0.1, 0.15) is 10.6 Å². The summed E-state index contributed by atoms with van der Waals surface area (Å²) < 4.78 is 10.3. The highest BCUT2D eigenvalue weighted by atomic mass is 32.1. The zero-order valence-electron chi connectivity index (χ0n) is 16.9. The summed E-state index contributed by atoms with van der Waals surface area (Å²) in [5.74, 6) is 0.127. The molecule has 156 valence electrons. The normalized spacial score (nSPS) is 14.7. The smallest absolute Gasteiger partial charge is 0.286 e. The van der Waals surface area contributed by atoms with Crippen LogP contribution in [0.5, 0.6) is 11.5 Å². The van der Waals surface area contributed by atoms with Gasteiger partial charge >= 0.3 is 0 Å². The van der Waals surface area contributed by atoms with E-state index in [1.807, 2.05) is 6.92 Å². The lowest BCUT2D eigenvalue weighted by Gasteiger charge is -2.34. The second kappa shape index (κ2) is 8.75. The Kier molecular flexibility index (Phi) is 6.33. The fourth-order valence-corrected chi connectivity index (χ4v) is 4.24. The molecule has 1 aliphatic heterocycles. The van der Waals surface area contributed by atoms with E-state index in [9.17, 15) is 14.9 Å². The molecule has 10 heteroatoms. The lowest BCUT2D eigenvalue weighted by atomic mass is 10.1. The summed E-state index contributed by atoms with van der Waals surface area (Å²) in [6.45, 7) is 7.17. The number of ether oxygens (including phenoxy) is 2. The van der Waals surface area contributed by atoms with Crippen molar-refractivity contribution < 1.29 is 19.2 Å². The van der Waals surface area contributed by atoms with Gasteiger partial charge in [-0.25, -0.2) is 4.98 Å². The first-order chi connectivity index (χ1) is 13.8. The number of nitro benzene ring substituents is 1. The molecule has 2 aromatic rings. The van der Waals surface area contributed by atoms with E-state index >= 15 is 0 Å². The van der Waals surface area contributed by atoms with Crippen LogP contribution in [-0.2, 0) is 6.54 Å². The Morgan fingerprint density at radius 3 is 2.31 bits per heavy atom. The number of aryl methyl sites for hydroxylation is 2. The van der Waals surface area contributed by atoms with Gasteiger partial charge in [-0.15, -0.1) is 11.3 Å². The highest BCUT2D eigenvalue weighted by Crippen LogP contribution is 2.35. The lowest BCUT2D eigenvalue weighted by molar-refractivity contribution is -0.385. The molecule has 0 radical (unpaired) electrons. The van der Waals surface area contributed by atoms with Crippen LogP contribution in [0.3, 0.4) is 0 Å². The molecule has 29 heavy (non-hydrogen) atoms. The van der Waals surface area contributed by atoms with E-state index in [1.165, 1.54) is 31.2 Å². The predicted octanol–water partition coefficient (Wildman–Crippen LogP) is 2.64. The van der Waals surface area contributed by atoms with Crippen molar-refractivity contribution in [2.75, 3.05) is 40.4 Å². The van der Waals surface area contributed by atoms with Crippen LogP contribution in [0.15, 0.2) is 12.1 Å².